The Kier molecular flexibility index (Phi) is 17.4. The van der Waals surface area contributed by atoms with Crippen LogP contribution in [0.4, 0.5) is 5.69 Å². The van der Waals surface area contributed by atoms with Gasteiger partial charge >= 0.3 is 0 Å². The average Bonchev–Trinajstić information content (AvgIpc) is 3.33. The van der Waals surface area contributed by atoms with Gasteiger partial charge in [0.2, 0.25) is 5.91 Å². The van der Waals surface area contributed by atoms with Crippen LogP contribution in [-0.2, 0) is 20.7 Å². The number of carbonyl (C=O) groups is 3. The molecule has 1 aromatic carbocycles. The number of amides is 1. The van der Waals surface area contributed by atoms with E-state index in [0.717, 1.165) is 53.6 Å². The number of carbonyl (C=O) groups excluding carboxylic acids is 3. The molecule has 2 N–H and O–H groups in total. The van der Waals surface area contributed by atoms with E-state index in [1.165, 1.54) is 6.08 Å². The van der Waals surface area contributed by atoms with Gasteiger partial charge in [-0.2, -0.15) is 0 Å². The van der Waals surface area contributed by atoms with Crippen molar-refractivity contribution in [1.29, 1.82) is 0 Å². The molecule has 0 aliphatic carbocycles. The summed E-state index contributed by atoms with van der Waals surface area (Å²) in [5, 5.41) is 2.72. The molecule has 0 saturated heterocycles. The average molecular weight is 507 g/mol. The number of ketones is 1. The van der Waals surface area contributed by atoms with Gasteiger partial charge in [0.15, 0.2) is 5.78 Å². The van der Waals surface area contributed by atoms with Crippen LogP contribution in [0.3, 0.4) is 0 Å². The first kappa shape index (κ1) is 33.2. The molecular formula is C31H42N2O4. The third kappa shape index (κ3) is 12.2. The number of allylic oxidation sites excluding steroid dienone is 6. The van der Waals surface area contributed by atoms with Crippen LogP contribution in [0.1, 0.15) is 75.3 Å². The van der Waals surface area contributed by atoms with E-state index in [1.54, 1.807) is 20.1 Å². The van der Waals surface area contributed by atoms with Gasteiger partial charge < -0.3 is 15.0 Å². The van der Waals surface area contributed by atoms with E-state index in [0.29, 0.717) is 17.5 Å². The first-order valence-electron chi connectivity index (χ1n) is 12.6. The van der Waals surface area contributed by atoms with Gasteiger partial charge in [-0.15, -0.1) is 0 Å². The van der Waals surface area contributed by atoms with Crippen LogP contribution in [0.15, 0.2) is 67.3 Å². The van der Waals surface area contributed by atoms with Gasteiger partial charge in [-0.3, -0.25) is 14.4 Å². The highest BCUT2D eigenvalue weighted by molar-refractivity contribution is 6.01. The molecule has 0 unspecified atom stereocenters. The lowest BCUT2D eigenvalue weighted by Gasteiger charge is -2.08. The van der Waals surface area contributed by atoms with Gasteiger partial charge in [0.25, 0.3) is 0 Å². The molecule has 0 spiro atoms. The van der Waals surface area contributed by atoms with Crippen LogP contribution in [0.2, 0.25) is 0 Å². The van der Waals surface area contributed by atoms with Crippen LogP contribution < -0.4 is 5.32 Å². The SMILES string of the molecule is C=C(/C=C(\C=C/C)c1cc(C(C)=O)c(CCC)[nH]1)c1cccc(NC(=O)/C=C/C=O)c1.CC.CCOC. The molecule has 0 radical (unpaired) electrons. The fraction of sp³-hybridized carbons (Fsp3) is 0.323. The third-order valence-corrected chi connectivity index (χ3v) is 4.88. The topological polar surface area (TPSA) is 88.3 Å². The highest BCUT2D eigenvalue weighted by atomic mass is 16.5. The van der Waals surface area contributed by atoms with Gasteiger partial charge in [0.05, 0.1) is 0 Å². The number of methoxy groups -OCH3 is 1. The summed E-state index contributed by atoms with van der Waals surface area (Å²) < 4.78 is 4.54. The second kappa shape index (κ2) is 19.4. The molecule has 0 atom stereocenters. The lowest BCUT2D eigenvalue weighted by molar-refractivity contribution is -0.112. The van der Waals surface area contributed by atoms with E-state index in [-0.39, 0.29) is 11.7 Å². The Balaban J connectivity index is 0.00000196. The van der Waals surface area contributed by atoms with Gasteiger partial charge in [-0.1, -0.05) is 58.1 Å². The standard InChI is InChI=1S/C26H28N2O3.C3H8O.C2H6/c1-5-9-21(25-17-23(19(4)30)24(28-25)10-6-2)15-18(3)20-11-7-12-22(16-20)27-26(31)13-8-14-29;1-3-4-2;1-2/h5,7-9,11-17,28H,3,6,10H2,1-2,4H3,(H,27,31);3H2,1-2H3;1-2H3/b9-5-,13-8+,21-15+;;. The molecule has 6 nitrogen and oxygen atoms in total. The van der Waals surface area contributed by atoms with Crippen molar-refractivity contribution in [2.75, 3.05) is 19.0 Å². The van der Waals surface area contributed by atoms with Gasteiger partial charge in [-0.25, -0.2) is 0 Å². The van der Waals surface area contributed by atoms with E-state index in [1.807, 2.05) is 70.2 Å². The highest BCUT2D eigenvalue weighted by Crippen LogP contribution is 2.26. The number of benzene rings is 1. The van der Waals surface area contributed by atoms with Gasteiger partial charge in [-0.05, 0) is 74.3 Å². The Morgan fingerprint density at radius 3 is 2.35 bits per heavy atom. The van der Waals surface area contributed by atoms with Crippen LogP contribution >= 0.6 is 0 Å². The summed E-state index contributed by atoms with van der Waals surface area (Å²) in [6.45, 7) is 16.5. The number of hydrogen-bond donors (Lipinski definition) is 2. The summed E-state index contributed by atoms with van der Waals surface area (Å²) in [7, 11) is 1.68. The van der Waals surface area contributed by atoms with Crippen molar-refractivity contribution in [3.05, 3.63) is 89.8 Å². The maximum Gasteiger partial charge on any atom is 0.248 e. The summed E-state index contributed by atoms with van der Waals surface area (Å²) in [5.74, 6) is -0.344. The largest absolute Gasteiger partial charge is 0.385 e. The number of aldehydes is 1. The Labute approximate surface area is 222 Å². The molecule has 0 fully saturated rings. The smallest absolute Gasteiger partial charge is 0.248 e. The molecule has 1 amide bonds. The van der Waals surface area contributed by atoms with Crippen LogP contribution in [0, 0.1) is 0 Å². The Bertz CT molecular complexity index is 1100. The molecule has 0 aliphatic rings. The lowest BCUT2D eigenvalue weighted by atomic mass is 10.0. The van der Waals surface area contributed by atoms with E-state index in [2.05, 4.69) is 28.5 Å². The Morgan fingerprint density at radius 2 is 1.81 bits per heavy atom. The first-order valence-corrected chi connectivity index (χ1v) is 12.6. The van der Waals surface area contributed by atoms with E-state index < -0.39 is 0 Å². The van der Waals surface area contributed by atoms with Crippen molar-refractivity contribution in [2.24, 2.45) is 0 Å². The zero-order valence-electron chi connectivity index (χ0n) is 23.3. The summed E-state index contributed by atoms with van der Waals surface area (Å²) in [5.41, 5.74) is 5.61. The number of aryl methyl sites for hydroxylation is 1. The molecule has 0 aliphatic heterocycles. The van der Waals surface area contributed by atoms with Crippen molar-refractivity contribution < 1.29 is 19.1 Å². The zero-order valence-corrected chi connectivity index (χ0v) is 23.3. The monoisotopic (exact) mass is 506 g/mol. The van der Waals surface area contributed by atoms with Crippen LogP contribution in [0.25, 0.3) is 11.1 Å². The molecule has 2 aromatic rings. The number of hydrogen-bond acceptors (Lipinski definition) is 4. The second-order valence-corrected chi connectivity index (χ2v) is 7.65. The summed E-state index contributed by atoms with van der Waals surface area (Å²) in [6.07, 6.45) is 10.5. The maximum absolute atomic E-state index is 12.0. The van der Waals surface area contributed by atoms with Crippen molar-refractivity contribution in [3.8, 4) is 0 Å². The molecule has 1 aromatic heterocycles. The summed E-state index contributed by atoms with van der Waals surface area (Å²) in [6, 6.07) is 9.20. The quantitative estimate of drug-likeness (QED) is 0.146. The van der Waals surface area contributed by atoms with Crippen LogP contribution in [0.5, 0.6) is 0 Å². The number of nitrogens with one attached hydrogen (secondary N) is 2. The fourth-order valence-corrected chi connectivity index (χ4v) is 3.19. The van der Waals surface area contributed by atoms with E-state index >= 15 is 0 Å². The minimum absolute atomic E-state index is 0.0386. The number of Topliss-reactive ketones (excluding diaryl/α,β-unsaturated/α-hetero) is 1. The molecular weight excluding hydrogens is 464 g/mol. The predicted octanol–water partition coefficient (Wildman–Crippen LogP) is 7.22. The van der Waals surface area contributed by atoms with Crippen molar-refractivity contribution >= 4 is 34.8 Å². The summed E-state index contributed by atoms with van der Waals surface area (Å²) >= 11 is 0. The third-order valence-electron chi connectivity index (χ3n) is 4.88. The van der Waals surface area contributed by atoms with E-state index in [4.69, 9.17) is 0 Å². The number of ether oxygens (including phenoxy) is 1. The minimum Gasteiger partial charge on any atom is -0.385 e. The Hall–Kier alpha value is -3.77. The van der Waals surface area contributed by atoms with E-state index in [9.17, 15) is 14.4 Å². The number of aromatic nitrogens is 1. The normalized spacial score (nSPS) is 10.8. The van der Waals surface area contributed by atoms with Crippen molar-refractivity contribution in [1.82, 2.24) is 4.98 Å². The Morgan fingerprint density at radius 1 is 1.14 bits per heavy atom. The van der Waals surface area contributed by atoms with Crippen molar-refractivity contribution in [3.63, 3.8) is 0 Å². The van der Waals surface area contributed by atoms with Crippen LogP contribution in [-0.4, -0.2) is 36.7 Å². The molecule has 0 saturated carbocycles. The molecule has 37 heavy (non-hydrogen) atoms. The summed E-state index contributed by atoms with van der Waals surface area (Å²) in [4.78, 5) is 37.6. The number of rotatable bonds is 11. The first-order chi connectivity index (χ1) is 17.8. The maximum atomic E-state index is 12.0. The fourth-order valence-electron chi connectivity index (χ4n) is 3.19. The molecule has 1 heterocycles. The van der Waals surface area contributed by atoms with Crippen molar-refractivity contribution in [2.45, 2.75) is 54.4 Å². The lowest BCUT2D eigenvalue weighted by Crippen LogP contribution is -2.07. The molecule has 2 rings (SSSR count). The highest BCUT2D eigenvalue weighted by Gasteiger charge is 2.13. The minimum atomic E-state index is -0.383. The number of anilines is 1. The molecule has 200 valence electrons. The number of H-pyrrole nitrogens is 1. The molecule has 0 bridgehead atoms. The second-order valence-electron chi connectivity index (χ2n) is 7.65. The zero-order chi connectivity index (χ0) is 28.2. The van der Waals surface area contributed by atoms with Gasteiger partial charge in [0, 0.05) is 42.4 Å². The molecule has 6 heteroatoms. The number of aromatic amines is 1. The van der Waals surface area contributed by atoms with Gasteiger partial charge in [0.1, 0.15) is 6.29 Å². The predicted molar refractivity (Wildman–Crippen MR) is 156 cm³/mol.